The number of hydrogen-bond acceptors (Lipinski definition) is 4. The van der Waals surface area contributed by atoms with E-state index in [1.165, 1.54) is 58.3 Å². The molecule has 122 valence electrons. The van der Waals surface area contributed by atoms with Crippen molar-refractivity contribution in [1.29, 1.82) is 0 Å². The van der Waals surface area contributed by atoms with Crippen LogP contribution in [0.3, 0.4) is 0 Å². The molecule has 21 heavy (non-hydrogen) atoms. The van der Waals surface area contributed by atoms with Gasteiger partial charge < -0.3 is 19.9 Å². The van der Waals surface area contributed by atoms with E-state index in [0.717, 1.165) is 31.7 Å². The number of fused-ring (bicyclic) bond motifs is 1. The highest BCUT2D eigenvalue weighted by Crippen LogP contribution is 2.35. The van der Waals surface area contributed by atoms with Gasteiger partial charge in [0.1, 0.15) is 0 Å². The SMILES string of the molecule is CNCC1(CN2CCC3C(CCCN3C)C2)CCOCC1. The number of ether oxygens (including phenoxy) is 1. The zero-order valence-corrected chi connectivity index (χ0v) is 13.9. The lowest BCUT2D eigenvalue weighted by atomic mass is 9.77. The molecule has 4 heteroatoms. The van der Waals surface area contributed by atoms with Crippen LogP contribution >= 0.6 is 0 Å². The molecule has 0 spiro atoms. The number of rotatable bonds is 4. The summed E-state index contributed by atoms with van der Waals surface area (Å²) in [7, 11) is 4.42. The molecule has 0 bridgehead atoms. The molecule has 0 amide bonds. The Bertz CT molecular complexity index is 324. The van der Waals surface area contributed by atoms with Gasteiger partial charge in [0.25, 0.3) is 0 Å². The van der Waals surface area contributed by atoms with Crippen molar-refractivity contribution < 1.29 is 4.74 Å². The van der Waals surface area contributed by atoms with E-state index in [1.54, 1.807) is 0 Å². The number of piperidine rings is 2. The van der Waals surface area contributed by atoms with E-state index in [1.807, 2.05) is 0 Å². The third-order valence-corrected chi connectivity index (χ3v) is 6.09. The molecule has 3 saturated heterocycles. The quantitative estimate of drug-likeness (QED) is 0.849. The zero-order valence-electron chi connectivity index (χ0n) is 13.9. The summed E-state index contributed by atoms with van der Waals surface area (Å²) in [4.78, 5) is 5.38. The van der Waals surface area contributed by atoms with Crippen molar-refractivity contribution in [3.63, 3.8) is 0 Å². The van der Waals surface area contributed by atoms with Crippen LogP contribution in [-0.2, 0) is 4.74 Å². The molecule has 3 fully saturated rings. The van der Waals surface area contributed by atoms with Crippen LogP contribution in [0.1, 0.15) is 32.1 Å². The predicted molar refractivity (Wildman–Crippen MR) is 86.6 cm³/mol. The zero-order chi connectivity index (χ0) is 14.7. The third-order valence-electron chi connectivity index (χ3n) is 6.09. The van der Waals surface area contributed by atoms with Gasteiger partial charge in [0, 0.05) is 38.9 Å². The largest absolute Gasteiger partial charge is 0.381 e. The molecule has 0 aliphatic carbocycles. The first-order chi connectivity index (χ1) is 10.2. The van der Waals surface area contributed by atoms with Crippen molar-refractivity contribution in [2.45, 2.75) is 38.1 Å². The molecule has 1 N–H and O–H groups in total. The van der Waals surface area contributed by atoms with Crippen LogP contribution in [0.15, 0.2) is 0 Å². The van der Waals surface area contributed by atoms with E-state index in [-0.39, 0.29) is 0 Å². The molecule has 2 unspecified atom stereocenters. The Morgan fingerprint density at radius 2 is 2.00 bits per heavy atom. The van der Waals surface area contributed by atoms with Crippen LogP contribution in [-0.4, -0.2) is 75.9 Å². The van der Waals surface area contributed by atoms with Crippen molar-refractivity contribution in [1.82, 2.24) is 15.1 Å². The van der Waals surface area contributed by atoms with Gasteiger partial charge in [0.05, 0.1) is 0 Å². The fraction of sp³-hybridized carbons (Fsp3) is 1.00. The lowest BCUT2D eigenvalue weighted by Gasteiger charge is -2.49. The van der Waals surface area contributed by atoms with Crippen LogP contribution in [0, 0.1) is 11.3 Å². The molecule has 0 saturated carbocycles. The average molecular weight is 295 g/mol. The molecule has 0 radical (unpaired) electrons. The van der Waals surface area contributed by atoms with E-state index < -0.39 is 0 Å². The minimum Gasteiger partial charge on any atom is -0.381 e. The molecule has 2 atom stereocenters. The number of likely N-dealkylation sites (tertiary alicyclic amines) is 2. The lowest BCUT2D eigenvalue weighted by molar-refractivity contribution is -0.0256. The van der Waals surface area contributed by atoms with Crippen molar-refractivity contribution in [3.8, 4) is 0 Å². The molecule has 0 aromatic carbocycles. The third kappa shape index (κ3) is 3.61. The standard InChI is InChI=1S/C17H33N3O/c1-18-13-17(6-10-21-11-7-17)14-20-9-5-16-15(12-20)4-3-8-19(16)2/h15-16,18H,3-14H2,1-2H3. The van der Waals surface area contributed by atoms with Gasteiger partial charge in [0.2, 0.25) is 0 Å². The van der Waals surface area contributed by atoms with E-state index >= 15 is 0 Å². The van der Waals surface area contributed by atoms with E-state index in [0.29, 0.717) is 5.41 Å². The van der Waals surface area contributed by atoms with Crippen LogP contribution < -0.4 is 5.32 Å². The van der Waals surface area contributed by atoms with Gasteiger partial charge in [-0.25, -0.2) is 0 Å². The first-order valence-corrected chi connectivity index (χ1v) is 8.87. The number of hydrogen-bond donors (Lipinski definition) is 1. The number of nitrogens with zero attached hydrogens (tertiary/aromatic N) is 2. The van der Waals surface area contributed by atoms with Gasteiger partial charge in [-0.1, -0.05) is 0 Å². The molecule has 0 aromatic rings. The Morgan fingerprint density at radius 1 is 1.19 bits per heavy atom. The number of nitrogens with one attached hydrogen (secondary N) is 1. The summed E-state index contributed by atoms with van der Waals surface area (Å²) in [5.74, 6) is 0.906. The Labute approximate surface area is 130 Å². The molecule has 3 aliphatic heterocycles. The molecule has 0 aromatic heterocycles. The highest BCUT2D eigenvalue weighted by Gasteiger charge is 2.38. The summed E-state index contributed by atoms with van der Waals surface area (Å²) in [6.07, 6.45) is 6.64. The highest BCUT2D eigenvalue weighted by molar-refractivity contribution is 4.93. The van der Waals surface area contributed by atoms with Crippen molar-refractivity contribution in [2.24, 2.45) is 11.3 Å². The lowest BCUT2D eigenvalue weighted by Crippen LogP contribution is -2.55. The summed E-state index contributed by atoms with van der Waals surface area (Å²) in [6.45, 7) is 8.22. The van der Waals surface area contributed by atoms with Gasteiger partial charge >= 0.3 is 0 Å². The molecular weight excluding hydrogens is 262 g/mol. The van der Waals surface area contributed by atoms with Crippen molar-refractivity contribution in [2.75, 3.05) is 60.0 Å². The van der Waals surface area contributed by atoms with E-state index in [9.17, 15) is 0 Å². The minimum atomic E-state index is 0.445. The normalized spacial score (nSPS) is 34.6. The van der Waals surface area contributed by atoms with Gasteiger partial charge in [-0.05, 0) is 70.6 Å². The maximum Gasteiger partial charge on any atom is 0.0472 e. The fourth-order valence-corrected chi connectivity index (χ4v) is 4.92. The van der Waals surface area contributed by atoms with Gasteiger partial charge in [-0.2, -0.15) is 0 Å². The van der Waals surface area contributed by atoms with Crippen molar-refractivity contribution in [3.05, 3.63) is 0 Å². The summed E-state index contributed by atoms with van der Waals surface area (Å²) < 4.78 is 5.61. The maximum absolute atomic E-state index is 5.61. The first-order valence-electron chi connectivity index (χ1n) is 8.87. The Hall–Kier alpha value is -0.160. The van der Waals surface area contributed by atoms with Crippen LogP contribution in [0.25, 0.3) is 0 Å². The van der Waals surface area contributed by atoms with E-state index in [2.05, 4.69) is 29.2 Å². The van der Waals surface area contributed by atoms with Crippen LogP contribution in [0.5, 0.6) is 0 Å². The second-order valence-corrected chi connectivity index (χ2v) is 7.62. The molecule has 3 rings (SSSR count). The van der Waals surface area contributed by atoms with Gasteiger partial charge in [-0.15, -0.1) is 0 Å². The van der Waals surface area contributed by atoms with E-state index in [4.69, 9.17) is 4.74 Å². The second kappa shape index (κ2) is 6.95. The molecule has 4 nitrogen and oxygen atoms in total. The average Bonchev–Trinajstić information content (AvgIpc) is 2.48. The first kappa shape index (κ1) is 15.7. The molecule has 3 heterocycles. The van der Waals surface area contributed by atoms with Crippen LogP contribution in [0.4, 0.5) is 0 Å². The smallest absolute Gasteiger partial charge is 0.0472 e. The Kier molecular flexibility index (Phi) is 5.20. The maximum atomic E-state index is 5.61. The molecular formula is C17H33N3O. The fourth-order valence-electron chi connectivity index (χ4n) is 4.92. The monoisotopic (exact) mass is 295 g/mol. The minimum absolute atomic E-state index is 0.445. The Balaban J connectivity index is 1.59. The van der Waals surface area contributed by atoms with Crippen molar-refractivity contribution >= 4 is 0 Å². The summed E-state index contributed by atoms with van der Waals surface area (Å²) >= 11 is 0. The summed E-state index contributed by atoms with van der Waals surface area (Å²) in [6, 6.07) is 0.852. The molecule has 3 aliphatic rings. The topological polar surface area (TPSA) is 27.7 Å². The van der Waals surface area contributed by atoms with Gasteiger partial charge in [0.15, 0.2) is 0 Å². The summed E-state index contributed by atoms with van der Waals surface area (Å²) in [5, 5.41) is 3.44. The second-order valence-electron chi connectivity index (χ2n) is 7.62. The highest BCUT2D eigenvalue weighted by atomic mass is 16.5. The summed E-state index contributed by atoms with van der Waals surface area (Å²) in [5.41, 5.74) is 0.445. The van der Waals surface area contributed by atoms with Crippen LogP contribution in [0.2, 0.25) is 0 Å². The predicted octanol–water partition coefficient (Wildman–Crippen LogP) is 1.42. The van der Waals surface area contributed by atoms with Gasteiger partial charge in [-0.3, -0.25) is 0 Å². The Morgan fingerprint density at radius 3 is 2.76 bits per heavy atom.